The third kappa shape index (κ3) is 3.17. The maximum atomic E-state index is 11.8. The molecule has 2 amide bonds. The maximum absolute atomic E-state index is 11.8. The fourth-order valence-corrected chi connectivity index (χ4v) is 1.86. The number of carbonyl (C=O) groups excluding carboxylic acids is 2. The molecular formula is C12H20N2O2. The van der Waals surface area contributed by atoms with E-state index in [2.05, 4.69) is 11.9 Å². The van der Waals surface area contributed by atoms with E-state index in [-0.39, 0.29) is 23.9 Å². The Bertz CT molecular complexity index is 289. The summed E-state index contributed by atoms with van der Waals surface area (Å²) in [7, 11) is 1.55. The van der Waals surface area contributed by atoms with E-state index in [1.54, 1.807) is 7.05 Å². The molecule has 1 N–H and O–H groups in total. The molecule has 0 aliphatic carbocycles. The van der Waals surface area contributed by atoms with Crippen molar-refractivity contribution in [3.63, 3.8) is 0 Å². The summed E-state index contributed by atoms with van der Waals surface area (Å²) in [5, 5.41) is 3.26. The molecule has 1 aliphatic rings. The van der Waals surface area contributed by atoms with Crippen LogP contribution in [0.1, 0.15) is 32.6 Å². The SMILES string of the molecule is C=CCCC(C)NC1CCC(=O)N(C)C1=O. The Morgan fingerprint density at radius 3 is 2.94 bits per heavy atom. The van der Waals surface area contributed by atoms with Crippen molar-refractivity contribution < 1.29 is 9.59 Å². The van der Waals surface area contributed by atoms with Crippen molar-refractivity contribution in [2.75, 3.05) is 7.05 Å². The average Bonchev–Trinajstić information content (AvgIpc) is 2.27. The van der Waals surface area contributed by atoms with Crippen molar-refractivity contribution in [2.24, 2.45) is 0 Å². The lowest BCUT2D eigenvalue weighted by molar-refractivity contribution is -0.148. The number of piperidine rings is 1. The normalized spacial score (nSPS) is 23.4. The lowest BCUT2D eigenvalue weighted by Crippen LogP contribution is -2.53. The van der Waals surface area contributed by atoms with E-state index >= 15 is 0 Å². The molecule has 16 heavy (non-hydrogen) atoms. The molecule has 90 valence electrons. The van der Waals surface area contributed by atoms with Crippen LogP contribution in [-0.2, 0) is 9.59 Å². The van der Waals surface area contributed by atoms with Gasteiger partial charge < -0.3 is 5.32 Å². The van der Waals surface area contributed by atoms with Crippen LogP contribution in [0, 0.1) is 0 Å². The lowest BCUT2D eigenvalue weighted by atomic mass is 10.0. The molecule has 1 saturated heterocycles. The number of amides is 2. The quantitative estimate of drug-likeness (QED) is 0.561. The minimum atomic E-state index is -0.206. The van der Waals surface area contributed by atoms with E-state index in [9.17, 15) is 9.59 Å². The highest BCUT2D eigenvalue weighted by molar-refractivity contribution is 6.00. The first kappa shape index (κ1) is 12.9. The predicted molar refractivity (Wildman–Crippen MR) is 62.8 cm³/mol. The molecule has 0 aromatic heterocycles. The fourth-order valence-electron chi connectivity index (χ4n) is 1.86. The smallest absolute Gasteiger partial charge is 0.246 e. The number of rotatable bonds is 5. The van der Waals surface area contributed by atoms with Gasteiger partial charge in [-0.2, -0.15) is 0 Å². The van der Waals surface area contributed by atoms with Crippen LogP contribution in [0.15, 0.2) is 12.7 Å². The average molecular weight is 224 g/mol. The molecule has 4 nitrogen and oxygen atoms in total. The Morgan fingerprint density at radius 1 is 1.62 bits per heavy atom. The Balaban J connectivity index is 2.45. The summed E-state index contributed by atoms with van der Waals surface area (Å²) in [6.07, 6.45) is 4.83. The molecule has 0 bridgehead atoms. The fraction of sp³-hybridized carbons (Fsp3) is 0.667. The minimum absolute atomic E-state index is 0.0817. The van der Waals surface area contributed by atoms with E-state index in [0.29, 0.717) is 12.8 Å². The van der Waals surface area contributed by atoms with Crippen LogP contribution in [0.2, 0.25) is 0 Å². The van der Waals surface area contributed by atoms with Crippen molar-refractivity contribution >= 4 is 11.8 Å². The van der Waals surface area contributed by atoms with E-state index in [1.165, 1.54) is 4.90 Å². The molecule has 2 unspecified atom stereocenters. The summed E-state index contributed by atoms with van der Waals surface area (Å²) in [5.41, 5.74) is 0. The van der Waals surface area contributed by atoms with Crippen LogP contribution >= 0.6 is 0 Å². The van der Waals surface area contributed by atoms with Gasteiger partial charge in [0, 0.05) is 19.5 Å². The van der Waals surface area contributed by atoms with Gasteiger partial charge in [-0.05, 0) is 26.2 Å². The van der Waals surface area contributed by atoms with Crippen molar-refractivity contribution in [3.05, 3.63) is 12.7 Å². The molecule has 0 saturated carbocycles. The van der Waals surface area contributed by atoms with Gasteiger partial charge in [-0.1, -0.05) is 6.08 Å². The largest absolute Gasteiger partial charge is 0.303 e. The molecule has 0 radical (unpaired) electrons. The predicted octanol–water partition coefficient (Wildman–Crippen LogP) is 1.08. The first-order valence-corrected chi connectivity index (χ1v) is 5.73. The minimum Gasteiger partial charge on any atom is -0.303 e. The zero-order valence-corrected chi connectivity index (χ0v) is 10.0. The lowest BCUT2D eigenvalue weighted by Gasteiger charge is -2.30. The molecule has 1 fully saturated rings. The van der Waals surface area contributed by atoms with Crippen molar-refractivity contribution in [3.8, 4) is 0 Å². The Labute approximate surface area is 96.7 Å². The van der Waals surface area contributed by atoms with E-state index in [0.717, 1.165) is 12.8 Å². The second-order valence-electron chi connectivity index (χ2n) is 4.32. The van der Waals surface area contributed by atoms with Crippen molar-refractivity contribution in [1.29, 1.82) is 0 Å². The third-order valence-electron chi connectivity index (χ3n) is 2.94. The van der Waals surface area contributed by atoms with Crippen LogP contribution in [0.4, 0.5) is 0 Å². The molecule has 1 aliphatic heterocycles. The van der Waals surface area contributed by atoms with Crippen LogP contribution in [-0.4, -0.2) is 35.8 Å². The van der Waals surface area contributed by atoms with Gasteiger partial charge >= 0.3 is 0 Å². The van der Waals surface area contributed by atoms with Crippen LogP contribution in [0.25, 0.3) is 0 Å². The van der Waals surface area contributed by atoms with Gasteiger partial charge in [0.1, 0.15) is 0 Å². The van der Waals surface area contributed by atoms with Crippen LogP contribution in [0.5, 0.6) is 0 Å². The third-order valence-corrected chi connectivity index (χ3v) is 2.94. The second kappa shape index (κ2) is 5.80. The molecule has 0 aromatic rings. The summed E-state index contributed by atoms with van der Waals surface area (Å²) < 4.78 is 0. The molecule has 1 heterocycles. The van der Waals surface area contributed by atoms with E-state index < -0.39 is 0 Å². The Morgan fingerprint density at radius 2 is 2.31 bits per heavy atom. The molecule has 1 rings (SSSR count). The first-order valence-electron chi connectivity index (χ1n) is 5.73. The van der Waals surface area contributed by atoms with Gasteiger partial charge in [0.15, 0.2) is 0 Å². The molecule has 0 spiro atoms. The highest BCUT2D eigenvalue weighted by atomic mass is 16.2. The number of likely N-dealkylation sites (tertiary alicyclic amines) is 1. The molecule has 2 atom stereocenters. The Kier molecular flexibility index (Phi) is 4.68. The van der Waals surface area contributed by atoms with Crippen LogP contribution in [0.3, 0.4) is 0 Å². The second-order valence-corrected chi connectivity index (χ2v) is 4.32. The van der Waals surface area contributed by atoms with Gasteiger partial charge in [0.05, 0.1) is 6.04 Å². The summed E-state index contributed by atoms with van der Waals surface area (Å²) in [6, 6.07) is 0.0658. The van der Waals surface area contributed by atoms with Crippen LogP contribution < -0.4 is 5.32 Å². The van der Waals surface area contributed by atoms with Gasteiger partial charge in [0.25, 0.3) is 0 Å². The zero-order valence-electron chi connectivity index (χ0n) is 10.0. The standard InChI is InChI=1S/C12H20N2O2/c1-4-5-6-9(2)13-10-7-8-11(15)14(3)12(10)16/h4,9-10,13H,1,5-8H2,2-3H3. The van der Waals surface area contributed by atoms with Crippen molar-refractivity contribution in [1.82, 2.24) is 10.2 Å². The topological polar surface area (TPSA) is 49.4 Å². The number of nitrogens with one attached hydrogen (secondary N) is 1. The molecular weight excluding hydrogens is 204 g/mol. The monoisotopic (exact) mass is 224 g/mol. The number of likely N-dealkylation sites (N-methyl/N-ethyl adjacent to an activating group) is 1. The summed E-state index contributed by atoms with van der Waals surface area (Å²) >= 11 is 0. The molecule has 0 aromatic carbocycles. The van der Waals surface area contributed by atoms with Gasteiger partial charge in [-0.3, -0.25) is 14.5 Å². The van der Waals surface area contributed by atoms with Crippen molar-refractivity contribution in [2.45, 2.75) is 44.7 Å². The van der Waals surface area contributed by atoms with E-state index in [4.69, 9.17) is 0 Å². The zero-order chi connectivity index (χ0) is 12.1. The number of hydrogen-bond donors (Lipinski definition) is 1. The van der Waals surface area contributed by atoms with Gasteiger partial charge in [-0.25, -0.2) is 0 Å². The highest BCUT2D eigenvalue weighted by Gasteiger charge is 2.31. The highest BCUT2D eigenvalue weighted by Crippen LogP contribution is 2.12. The summed E-state index contributed by atoms with van der Waals surface area (Å²) in [4.78, 5) is 24.3. The van der Waals surface area contributed by atoms with E-state index in [1.807, 2.05) is 13.0 Å². The maximum Gasteiger partial charge on any atom is 0.246 e. The first-order chi connectivity index (χ1) is 7.56. The number of imide groups is 1. The summed E-state index contributed by atoms with van der Waals surface area (Å²) in [6.45, 7) is 5.72. The number of allylic oxidation sites excluding steroid dienone is 1. The van der Waals surface area contributed by atoms with Gasteiger partial charge in [0.2, 0.25) is 11.8 Å². The molecule has 4 heteroatoms. The number of hydrogen-bond acceptors (Lipinski definition) is 3. The summed E-state index contributed by atoms with van der Waals surface area (Å²) in [5.74, 6) is -0.191. The Hall–Kier alpha value is -1.16. The number of carbonyl (C=O) groups is 2. The number of nitrogens with zero attached hydrogens (tertiary/aromatic N) is 1. The van der Waals surface area contributed by atoms with Gasteiger partial charge in [-0.15, -0.1) is 6.58 Å².